The molecule has 0 amide bonds. The lowest BCUT2D eigenvalue weighted by Gasteiger charge is -2.30. The summed E-state index contributed by atoms with van der Waals surface area (Å²) in [7, 11) is 0. The molecule has 1 fully saturated rings. The molecule has 0 spiro atoms. The lowest BCUT2D eigenvalue weighted by molar-refractivity contribution is 0.259. The van der Waals surface area contributed by atoms with Gasteiger partial charge in [-0.15, -0.1) is 0 Å². The van der Waals surface area contributed by atoms with Crippen LogP contribution in [-0.4, -0.2) is 39.8 Å². The zero-order chi connectivity index (χ0) is 22.6. The molecule has 0 unspecified atom stereocenters. The highest BCUT2D eigenvalue weighted by Crippen LogP contribution is 2.32. The largest absolute Gasteiger partial charge is 0.302 e. The number of benzene rings is 2. The van der Waals surface area contributed by atoms with Gasteiger partial charge in [0, 0.05) is 43.2 Å². The van der Waals surface area contributed by atoms with Gasteiger partial charge < -0.3 is 4.90 Å². The summed E-state index contributed by atoms with van der Waals surface area (Å²) in [5.41, 5.74) is 7.51. The predicted octanol–water partition coefficient (Wildman–Crippen LogP) is 5.19. The maximum absolute atomic E-state index is 13.0. The predicted molar refractivity (Wildman–Crippen MR) is 137 cm³/mol. The van der Waals surface area contributed by atoms with Crippen LogP contribution in [0.15, 0.2) is 76.2 Å². The molecule has 1 aromatic heterocycles. The van der Waals surface area contributed by atoms with Gasteiger partial charge in [0.2, 0.25) is 0 Å². The number of aryl methyl sites for hydroxylation is 1. The molecule has 1 saturated heterocycles. The van der Waals surface area contributed by atoms with E-state index in [1.807, 2.05) is 11.5 Å². The number of hydrogen-bond donors (Lipinski definition) is 0. The van der Waals surface area contributed by atoms with E-state index < -0.39 is 0 Å². The van der Waals surface area contributed by atoms with Crippen LogP contribution in [0.3, 0.4) is 0 Å². The SMILES string of the molecule is Cc1nc2n(c(=O)c1CCN1CCC(=C(c3ccccc3)c3ccccc3)CC1)CCCS2. The molecule has 0 aliphatic carbocycles. The van der Waals surface area contributed by atoms with E-state index in [0.29, 0.717) is 0 Å². The van der Waals surface area contributed by atoms with Crippen molar-refractivity contribution in [1.29, 1.82) is 0 Å². The van der Waals surface area contributed by atoms with E-state index in [2.05, 4.69) is 65.6 Å². The summed E-state index contributed by atoms with van der Waals surface area (Å²) >= 11 is 1.71. The van der Waals surface area contributed by atoms with E-state index >= 15 is 0 Å². The fraction of sp³-hybridized carbons (Fsp3) is 0.357. The lowest BCUT2D eigenvalue weighted by atomic mass is 9.88. The molecule has 5 heteroatoms. The van der Waals surface area contributed by atoms with Gasteiger partial charge in [-0.25, -0.2) is 4.98 Å². The van der Waals surface area contributed by atoms with Crippen LogP contribution in [-0.2, 0) is 13.0 Å². The first-order chi connectivity index (χ1) is 16.2. The molecule has 2 aromatic carbocycles. The fourth-order valence-corrected chi connectivity index (χ4v) is 6.00. The Morgan fingerprint density at radius 1 is 0.939 bits per heavy atom. The van der Waals surface area contributed by atoms with Crippen LogP contribution in [0.25, 0.3) is 5.57 Å². The van der Waals surface area contributed by atoms with E-state index in [-0.39, 0.29) is 5.56 Å². The van der Waals surface area contributed by atoms with Gasteiger partial charge >= 0.3 is 0 Å². The Morgan fingerprint density at radius 2 is 1.58 bits per heavy atom. The molecule has 3 aromatic rings. The first kappa shape index (κ1) is 22.2. The molecule has 0 saturated carbocycles. The topological polar surface area (TPSA) is 38.1 Å². The van der Waals surface area contributed by atoms with E-state index in [1.165, 1.54) is 22.3 Å². The highest BCUT2D eigenvalue weighted by atomic mass is 32.2. The minimum absolute atomic E-state index is 0.178. The number of likely N-dealkylation sites (tertiary alicyclic amines) is 1. The number of aromatic nitrogens is 2. The summed E-state index contributed by atoms with van der Waals surface area (Å²) in [6, 6.07) is 21.5. The minimum atomic E-state index is 0.178. The normalized spacial score (nSPS) is 16.5. The highest BCUT2D eigenvalue weighted by molar-refractivity contribution is 7.99. The summed E-state index contributed by atoms with van der Waals surface area (Å²) in [5.74, 6) is 1.06. The summed E-state index contributed by atoms with van der Waals surface area (Å²) in [6.45, 7) is 5.79. The van der Waals surface area contributed by atoms with Crippen LogP contribution >= 0.6 is 11.8 Å². The quantitative estimate of drug-likeness (QED) is 0.495. The molecule has 0 bridgehead atoms. The van der Waals surface area contributed by atoms with Crippen molar-refractivity contribution in [2.75, 3.05) is 25.4 Å². The van der Waals surface area contributed by atoms with Crippen LogP contribution in [0.1, 0.15) is 41.6 Å². The van der Waals surface area contributed by atoms with Gasteiger partial charge in [0.25, 0.3) is 5.56 Å². The second-order valence-electron chi connectivity index (χ2n) is 8.92. The smallest absolute Gasteiger partial charge is 0.257 e. The Bertz CT molecular complexity index is 1150. The summed E-state index contributed by atoms with van der Waals surface area (Å²) in [5, 5.41) is 0.898. The summed E-state index contributed by atoms with van der Waals surface area (Å²) in [4.78, 5) is 20.3. The molecule has 0 radical (unpaired) electrons. The van der Waals surface area contributed by atoms with E-state index in [4.69, 9.17) is 4.98 Å². The van der Waals surface area contributed by atoms with Crippen molar-refractivity contribution in [3.63, 3.8) is 0 Å². The molecular formula is C28H31N3OS. The molecule has 33 heavy (non-hydrogen) atoms. The Morgan fingerprint density at radius 3 is 2.21 bits per heavy atom. The van der Waals surface area contributed by atoms with E-state index in [1.54, 1.807) is 11.8 Å². The zero-order valence-corrected chi connectivity index (χ0v) is 20.1. The first-order valence-electron chi connectivity index (χ1n) is 12.0. The maximum Gasteiger partial charge on any atom is 0.257 e. The molecular weight excluding hydrogens is 426 g/mol. The van der Waals surface area contributed by atoms with Crippen LogP contribution < -0.4 is 5.56 Å². The van der Waals surface area contributed by atoms with Crippen molar-refractivity contribution in [3.05, 3.63) is 99.0 Å². The molecule has 4 nitrogen and oxygen atoms in total. The third-order valence-corrected chi connectivity index (χ3v) is 7.87. The number of thioether (sulfide) groups is 1. The molecule has 0 N–H and O–H groups in total. The highest BCUT2D eigenvalue weighted by Gasteiger charge is 2.21. The Labute approximate surface area is 200 Å². The van der Waals surface area contributed by atoms with Gasteiger partial charge in [0.05, 0.1) is 0 Å². The van der Waals surface area contributed by atoms with Gasteiger partial charge in [-0.1, -0.05) is 78.0 Å². The van der Waals surface area contributed by atoms with Crippen LogP contribution in [0.5, 0.6) is 0 Å². The lowest BCUT2D eigenvalue weighted by Crippen LogP contribution is -2.35. The number of nitrogens with zero attached hydrogens (tertiary/aromatic N) is 3. The molecule has 170 valence electrons. The van der Waals surface area contributed by atoms with Crippen LogP contribution in [0.4, 0.5) is 0 Å². The van der Waals surface area contributed by atoms with Gasteiger partial charge in [-0.05, 0) is 49.3 Å². The Balaban J connectivity index is 1.31. The van der Waals surface area contributed by atoms with Gasteiger partial charge in [0.15, 0.2) is 5.16 Å². The number of piperidine rings is 1. The van der Waals surface area contributed by atoms with E-state index in [0.717, 1.165) is 74.0 Å². The first-order valence-corrected chi connectivity index (χ1v) is 13.0. The van der Waals surface area contributed by atoms with Crippen molar-refractivity contribution in [2.24, 2.45) is 0 Å². The zero-order valence-electron chi connectivity index (χ0n) is 19.3. The van der Waals surface area contributed by atoms with Gasteiger partial charge in [-0.3, -0.25) is 9.36 Å². The standard InChI is InChI=1S/C28H31N3OS/c1-21-25(27(32)31-16-8-20-33-28(31)29-21)15-19-30-17-13-24(14-18-30)26(22-9-4-2-5-10-22)23-11-6-3-7-12-23/h2-7,9-12H,8,13-20H2,1H3. The summed E-state index contributed by atoms with van der Waals surface area (Å²) in [6.07, 6.45) is 3.96. The molecule has 2 aliphatic rings. The molecule has 3 heterocycles. The minimum Gasteiger partial charge on any atom is -0.302 e. The summed E-state index contributed by atoms with van der Waals surface area (Å²) < 4.78 is 1.89. The fourth-order valence-electron chi connectivity index (χ4n) is 5.01. The van der Waals surface area contributed by atoms with Gasteiger partial charge in [0.1, 0.15) is 0 Å². The average Bonchev–Trinajstić information content (AvgIpc) is 2.86. The maximum atomic E-state index is 13.0. The number of fused-ring (bicyclic) bond motifs is 1. The Kier molecular flexibility index (Phi) is 6.79. The van der Waals surface area contributed by atoms with Crippen molar-refractivity contribution in [1.82, 2.24) is 14.5 Å². The number of hydrogen-bond acceptors (Lipinski definition) is 4. The van der Waals surface area contributed by atoms with Crippen LogP contribution in [0.2, 0.25) is 0 Å². The van der Waals surface area contributed by atoms with Crippen molar-refractivity contribution < 1.29 is 0 Å². The molecule has 0 atom stereocenters. The average molecular weight is 458 g/mol. The monoisotopic (exact) mass is 457 g/mol. The van der Waals surface area contributed by atoms with Crippen molar-refractivity contribution in [3.8, 4) is 0 Å². The Hall–Kier alpha value is -2.63. The van der Waals surface area contributed by atoms with Crippen molar-refractivity contribution in [2.45, 2.75) is 44.3 Å². The second-order valence-corrected chi connectivity index (χ2v) is 9.98. The second kappa shape index (κ2) is 10.1. The third-order valence-electron chi connectivity index (χ3n) is 6.81. The van der Waals surface area contributed by atoms with Gasteiger partial charge in [-0.2, -0.15) is 0 Å². The van der Waals surface area contributed by atoms with E-state index in [9.17, 15) is 4.79 Å². The van der Waals surface area contributed by atoms with Crippen molar-refractivity contribution >= 4 is 17.3 Å². The van der Waals surface area contributed by atoms with Crippen LogP contribution in [0, 0.1) is 6.92 Å². The molecule has 5 rings (SSSR count). The molecule has 2 aliphatic heterocycles. The number of rotatable bonds is 5. The third kappa shape index (κ3) is 4.85.